The van der Waals surface area contributed by atoms with Crippen LogP contribution in [0.25, 0.3) is 0 Å². The third-order valence-electron chi connectivity index (χ3n) is 3.63. The summed E-state index contributed by atoms with van der Waals surface area (Å²) < 4.78 is 5.01. The highest BCUT2D eigenvalue weighted by Gasteiger charge is 2.33. The fourth-order valence-electron chi connectivity index (χ4n) is 2.45. The second-order valence-electron chi connectivity index (χ2n) is 4.97. The molecule has 0 spiro atoms. The number of rotatable bonds is 5. The molecule has 0 unspecified atom stereocenters. The standard InChI is InChI=1S/C14H18N2O4/c1-20-12-6-9(4-5-15-12)8-16-13(17)10-2-3-11(7-10)14(18)19/h4-6,10-11H,2-3,7-8H2,1H3,(H,16,17)(H,18,19)/t10-,11+/m1/s1. The summed E-state index contributed by atoms with van der Waals surface area (Å²) in [5.41, 5.74) is 0.901. The molecule has 2 atom stereocenters. The molecule has 108 valence electrons. The number of ether oxygens (including phenoxy) is 1. The van der Waals surface area contributed by atoms with E-state index in [1.54, 1.807) is 18.3 Å². The normalized spacial score (nSPS) is 21.4. The number of aliphatic carboxylic acids is 1. The van der Waals surface area contributed by atoms with Gasteiger partial charge in [-0.05, 0) is 30.9 Å². The smallest absolute Gasteiger partial charge is 0.306 e. The summed E-state index contributed by atoms with van der Waals surface area (Å²) in [7, 11) is 1.54. The fraction of sp³-hybridized carbons (Fsp3) is 0.500. The van der Waals surface area contributed by atoms with Gasteiger partial charge >= 0.3 is 5.97 Å². The van der Waals surface area contributed by atoms with Gasteiger partial charge in [-0.2, -0.15) is 0 Å². The molecule has 1 fully saturated rings. The molecule has 2 rings (SSSR count). The fourth-order valence-corrected chi connectivity index (χ4v) is 2.45. The molecule has 6 heteroatoms. The molecule has 20 heavy (non-hydrogen) atoms. The van der Waals surface area contributed by atoms with Crippen molar-refractivity contribution in [2.75, 3.05) is 7.11 Å². The molecule has 1 aromatic rings. The molecule has 2 N–H and O–H groups in total. The molecule has 0 saturated heterocycles. The zero-order valence-corrected chi connectivity index (χ0v) is 11.3. The van der Waals surface area contributed by atoms with Gasteiger partial charge in [-0.1, -0.05) is 0 Å². The van der Waals surface area contributed by atoms with E-state index in [0.29, 0.717) is 31.7 Å². The van der Waals surface area contributed by atoms with Crippen molar-refractivity contribution in [3.8, 4) is 5.88 Å². The van der Waals surface area contributed by atoms with E-state index in [0.717, 1.165) is 5.56 Å². The Morgan fingerprint density at radius 3 is 2.85 bits per heavy atom. The summed E-state index contributed by atoms with van der Waals surface area (Å²) in [5.74, 6) is -0.959. The molecule has 1 aliphatic carbocycles. The Bertz CT molecular complexity index is 504. The van der Waals surface area contributed by atoms with E-state index in [9.17, 15) is 9.59 Å². The molecule has 0 bridgehead atoms. The SMILES string of the molecule is COc1cc(CNC(=O)[C@@H]2CC[C@H](C(=O)O)C2)ccn1. The van der Waals surface area contributed by atoms with Crippen molar-refractivity contribution >= 4 is 11.9 Å². The third-order valence-corrected chi connectivity index (χ3v) is 3.63. The summed E-state index contributed by atoms with van der Waals surface area (Å²) >= 11 is 0. The molecule has 0 aliphatic heterocycles. The molecular formula is C14H18N2O4. The quantitative estimate of drug-likeness (QED) is 0.845. The maximum Gasteiger partial charge on any atom is 0.306 e. The molecule has 0 aromatic carbocycles. The number of hydrogen-bond donors (Lipinski definition) is 2. The van der Waals surface area contributed by atoms with Crippen LogP contribution in [0.15, 0.2) is 18.3 Å². The van der Waals surface area contributed by atoms with Crippen molar-refractivity contribution in [2.24, 2.45) is 11.8 Å². The first-order chi connectivity index (χ1) is 9.60. The second kappa shape index (κ2) is 6.36. The number of carbonyl (C=O) groups is 2. The zero-order valence-electron chi connectivity index (χ0n) is 11.3. The number of methoxy groups -OCH3 is 1. The van der Waals surface area contributed by atoms with Crippen LogP contribution in [0.1, 0.15) is 24.8 Å². The van der Waals surface area contributed by atoms with E-state index in [4.69, 9.17) is 9.84 Å². The van der Waals surface area contributed by atoms with Crippen LogP contribution >= 0.6 is 0 Å². The van der Waals surface area contributed by atoms with E-state index >= 15 is 0 Å². The summed E-state index contributed by atoms with van der Waals surface area (Å²) in [6, 6.07) is 3.56. The highest BCUT2D eigenvalue weighted by Crippen LogP contribution is 2.31. The minimum atomic E-state index is -0.806. The van der Waals surface area contributed by atoms with Gasteiger partial charge in [0.2, 0.25) is 11.8 Å². The van der Waals surface area contributed by atoms with E-state index in [1.807, 2.05) is 0 Å². The number of carboxylic acid groups (broad SMARTS) is 1. The van der Waals surface area contributed by atoms with Gasteiger partial charge in [0.25, 0.3) is 0 Å². The van der Waals surface area contributed by atoms with Gasteiger partial charge in [-0.3, -0.25) is 9.59 Å². The first-order valence-electron chi connectivity index (χ1n) is 6.59. The van der Waals surface area contributed by atoms with E-state index < -0.39 is 5.97 Å². The summed E-state index contributed by atoms with van der Waals surface area (Å²) in [6.45, 7) is 0.395. The Balaban J connectivity index is 1.85. The second-order valence-corrected chi connectivity index (χ2v) is 4.97. The Hall–Kier alpha value is -2.11. The van der Waals surface area contributed by atoms with Crippen LogP contribution in [-0.4, -0.2) is 29.1 Å². The lowest BCUT2D eigenvalue weighted by Gasteiger charge is -2.11. The van der Waals surface area contributed by atoms with Gasteiger partial charge in [0.05, 0.1) is 13.0 Å². The van der Waals surface area contributed by atoms with Crippen LogP contribution in [0.3, 0.4) is 0 Å². The molecule has 1 amide bonds. The van der Waals surface area contributed by atoms with E-state index in [2.05, 4.69) is 10.3 Å². The van der Waals surface area contributed by atoms with E-state index in [1.165, 1.54) is 7.11 Å². The Kier molecular flexibility index (Phi) is 4.55. The number of carboxylic acids is 1. The van der Waals surface area contributed by atoms with Crippen molar-refractivity contribution in [2.45, 2.75) is 25.8 Å². The highest BCUT2D eigenvalue weighted by molar-refractivity contribution is 5.80. The average molecular weight is 278 g/mol. The zero-order chi connectivity index (χ0) is 14.5. The highest BCUT2D eigenvalue weighted by atomic mass is 16.5. The minimum Gasteiger partial charge on any atom is -0.481 e. The number of hydrogen-bond acceptors (Lipinski definition) is 4. The topological polar surface area (TPSA) is 88.5 Å². The predicted octanol–water partition coefficient (Wildman–Crippen LogP) is 1.21. The number of nitrogens with zero attached hydrogens (tertiary/aromatic N) is 1. The van der Waals surface area contributed by atoms with Crippen LogP contribution < -0.4 is 10.1 Å². The van der Waals surface area contributed by atoms with Crippen molar-refractivity contribution in [3.63, 3.8) is 0 Å². The number of pyridine rings is 1. The largest absolute Gasteiger partial charge is 0.481 e. The average Bonchev–Trinajstić information content (AvgIpc) is 2.95. The summed E-state index contributed by atoms with van der Waals surface area (Å²) in [5, 5.41) is 11.8. The van der Waals surface area contributed by atoms with Crippen molar-refractivity contribution < 1.29 is 19.4 Å². The molecule has 1 saturated carbocycles. The summed E-state index contributed by atoms with van der Waals surface area (Å²) in [4.78, 5) is 26.8. The number of aromatic nitrogens is 1. The maximum absolute atomic E-state index is 12.0. The predicted molar refractivity (Wildman–Crippen MR) is 71.1 cm³/mol. The molecule has 1 aromatic heterocycles. The van der Waals surface area contributed by atoms with Gasteiger partial charge < -0.3 is 15.2 Å². The maximum atomic E-state index is 12.0. The van der Waals surface area contributed by atoms with Crippen LogP contribution in [0.5, 0.6) is 5.88 Å². The van der Waals surface area contributed by atoms with Gasteiger partial charge in [0, 0.05) is 24.7 Å². The van der Waals surface area contributed by atoms with Crippen LogP contribution in [0, 0.1) is 11.8 Å². The molecule has 6 nitrogen and oxygen atoms in total. The number of nitrogens with one attached hydrogen (secondary N) is 1. The van der Waals surface area contributed by atoms with Gasteiger partial charge in [0.1, 0.15) is 0 Å². The molecule has 1 heterocycles. The Labute approximate surface area is 117 Å². The molecular weight excluding hydrogens is 260 g/mol. The third kappa shape index (κ3) is 3.46. The molecule has 1 aliphatic rings. The van der Waals surface area contributed by atoms with Crippen LogP contribution in [0.4, 0.5) is 0 Å². The first kappa shape index (κ1) is 14.3. The van der Waals surface area contributed by atoms with Crippen LogP contribution in [0.2, 0.25) is 0 Å². The lowest BCUT2D eigenvalue weighted by atomic mass is 10.0. The minimum absolute atomic E-state index is 0.0791. The Morgan fingerprint density at radius 2 is 2.20 bits per heavy atom. The van der Waals surface area contributed by atoms with Crippen molar-refractivity contribution in [3.05, 3.63) is 23.9 Å². The monoisotopic (exact) mass is 278 g/mol. The Morgan fingerprint density at radius 1 is 1.45 bits per heavy atom. The number of carbonyl (C=O) groups excluding carboxylic acids is 1. The lowest BCUT2D eigenvalue weighted by molar-refractivity contribution is -0.141. The van der Waals surface area contributed by atoms with Gasteiger partial charge in [-0.15, -0.1) is 0 Å². The first-order valence-corrected chi connectivity index (χ1v) is 6.59. The number of amides is 1. The van der Waals surface area contributed by atoms with Crippen molar-refractivity contribution in [1.29, 1.82) is 0 Å². The van der Waals surface area contributed by atoms with E-state index in [-0.39, 0.29) is 17.7 Å². The van der Waals surface area contributed by atoms with Gasteiger partial charge in [0.15, 0.2) is 0 Å². The van der Waals surface area contributed by atoms with Crippen molar-refractivity contribution in [1.82, 2.24) is 10.3 Å². The summed E-state index contributed by atoms with van der Waals surface area (Å²) in [6.07, 6.45) is 3.27. The lowest BCUT2D eigenvalue weighted by Crippen LogP contribution is -2.29. The van der Waals surface area contributed by atoms with Gasteiger partial charge in [-0.25, -0.2) is 4.98 Å². The van der Waals surface area contributed by atoms with Crippen LogP contribution in [-0.2, 0) is 16.1 Å². The molecule has 0 radical (unpaired) electrons.